The molecule has 2 aliphatic carbocycles. The van der Waals surface area contributed by atoms with Gasteiger partial charge in [-0.2, -0.15) is 0 Å². The van der Waals surface area contributed by atoms with Gasteiger partial charge in [-0.05, 0) is 68.5 Å². The average Bonchev–Trinajstić information content (AvgIpc) is 3.23. The number of benzene rings is 4. The maximum Gasteiger partial charge on any atom is 0.168 e. The summed E-state index contributed by atoms with van der Waals surface area (Å²) in [6.07, 6.45) is 10.4. The highest BCUT2D eigenvalue weighted by molar-refractivity contribution is 9.10. The van der Waals surface area contributed by atoms with Gasteiger partial charge >= 0.3 is 0 Å². The number of carbonyl (C=O) groups is 1. The second-order valence-electron chi connectivity index (χ2n) is 9.39. The molecule has 0 saturated carbocycles. The van der Waals surface area contributed by atoms with Crippen LogP contribution in [0.25, 0.3) is 24.3 Å². The summed E-state index contributed by atoms with van der Waals surface area (Å²) in [4.78, 5) is 13.0. The van der Waals surface area contributed by atoms with Gasteiger partial charge in [-0.3, -0.25) is 4.79 Å². The normalized spacial score (nSPS) is 14.9. The molecule has 0 fully saturated rings. The first-order valence-electron chi connectivity index (χ1n) is 12.2. The first-order chi connectivity index (χ1) is 17.6. The van der Waals surface area contributed by atoms with Crippen LogP contribution < -0.4 is 0 Å². The SMILES string of the molecule is O=C(C(Br)c1cccc2c1C=Cc1ccccc1C2)C(Br)c1cccc2c1C=Cc1ccccc1C2. The van der Waals surface area contributed by atoms with E-state index in [9.17, 15) is 4.79 Å². The van der Waals surface area contributed by atoms with Crippen molar-refractivity contribution in [1.29, 1.82) is 0 Å². The summed E-state index contributed by atoms with van der Waals surface area (Å²) in [5, 5.41) is 0. The molecule has 0 amide bonds. The molecule has 4 aromatic carbocycles. The second kappa shape index (κ2) is 9.80. The van der Waals surface area contributed by atoms with Gasteiger partial charge in [0.15, 0.2) is 5.78 Å². The number of Topliss-reactive ketones (excluding diaryl/α,β-unsaturated/α-hetero) is 1. The Morgan fingerprint density at radius 2 is 0.944 bits per heavy atom. The monoisotopic (exact) mass is 594 g/mol. The third-order valence-corrected chi connectivity index (χ3v) is 9.13. The van der Waals surface area contributed by atoms with Crippen molar-refractivity contribution >= 4 is 61.9 Å². The van der Waals surface area contributed by atoms with Gasteiger partial charge in [0, 0.05) is 0 Å². The number of carbonyl (C=O) groups excluding carboxylic acids is 1. The average molecular weight is 596 g/mol. The van der Waals surface area contributed by atoms with Crippen LogP contribution in [0.15, 0.2) is 84.9 Å². The molecule has 3 heteroatoms. The predicted octanol–water partition coefficient (Wildman–Crippen LogP) is 8.98. The Kier molecular flexibility index (Phi) is 6.37. The number of alkyl halides is 2. The Bertz CT molecular complexity index is 1430. The van der Waals surface area contributed by atoms with E-state index in [1.807, 2.05) is 0 Å². The zero-order valence-corrected chi connectivity index (χ0v) is 22.8. The van der Waals surface area contributed by atoms with Gasteiger partial charge in [0.05, 0.1) is 0 Å². The third-order valence-electron chi connectivity index (χ3n) is 7.24. The lowest BCUT2D eigenvalue weighted by molar-refractivity contribution is -0.118. The molecule has 0 spiro atoms. The quantitative estimate of drug-likeness (QED) is 0.186. The van der Waals surface area contributed by atoms with Crippen LogP contribution in [0.3, 0.4) is 0 Å². The summed E-state index contributed by atoms with van der Waals surface area (Å²) >= 11 is 7.58. The van der Waals surface area contributed by atoms with Gasteiger partial charge in [-0.25, -0.2) is 0 Å². The lowest BCUT2D eigenvalue weighted by Crippen LogP contribution is -2.15. The van der Waals surface area contributed by atoms with E-state index >= 15 is 0 Å². The van der Waals surface area contributed by atoms with Gasteiger partial charge in [0.1, 0.15) is 9.65 Å². The number of halogens is 2. The Morgan fingerprint density at radius 3 is 1.42 bits per heavy atom. The molecule has 0 saturated heterocycles. The Labute approximate surface area is 228 Å². The van der Waals surface area contributed by atoms with Crippen molar-refractivity contribution in [2.24, 2.45) is 0 Å². The zero-order chi connectivity index (χ0) is 24.6. The van der Waals surface area contributed by atoms with E-state index in [2.05, 4.69) is 141 Å². The summed E-state index contributed by atoms with van der Waals surface area (Å²) in [5.41, 5.74) is 11.8. The predicted molar refractivity (Wildman–Crippen MR) is 158 cm³/mol. The molecule has 2 atom stereocenters. The van der Waals surface area contributed by atoms with E-state index in [-0.39, 0.29) is 5.78 Å². The molecule has 0 aromatic heterocycles. The minimum Gasteiger partial charge on any atom is -0.296 e. The number of ketones is 1. The fourth-order valence-electron chi connectivity index (χ4n) is 5.33. The molecular formula is C33H24Br2O. The molecule has 6 rings (SSSR count). The van der Waals surface area contributed by atoms with Gasteiger partial charge in [0.25, 0.3) is 0 Å². The van der Waals surface area contributed by atoms with Crippen LogP contribution in [-0.4, -0.2) is 5.78 Å². The van der Waals surface area contributed by atoms with Crippen molar-refractivity contribution in [1.82, 2.24) is 0 Å². The number of fused-ring (bicyclic) bond motifs is 4. The summed E-state index contributed by atoms with van der Waals surface area (Å²) < 4.78 is 0. The van der Waals surface area contributed by atoms with Crippen molar-refractivity contribution in [3.8, 4) is 0 Å². The van der Waals surface area contributed by atoms with Crippen LogP contribution in [0.4, 0.5) is 0 Å². The van der Waals surface area contributed by atoms with Gasteiger partial charge < -0.3 is 0 Å². The molecule has 2 unspecified atom stereocenters. The summed E-state index contributed by atoms with van der Waals surface area (Å²) in [6, 6.07) is 29.6. The molecule has 0 aliphatic heterocycles. The molecular weight excluding hydrogens is 572 g/mol. The summed E-state index contributed by atoms with van der Waals surface area (Å²) in [6.45, 7) is 0. The molecule has 0 bridgehead atoms. The highest BCUT2D eigenvalue weighted by Crippen LogP contribution is 2.41. The molecule has 0 heterocycles. The smallest absolute Gasteiger partial charge is 0.168 e. The molecule has 176 valence electrons. The van der Waals surface area contributed by atoms with E-state index in [0.717, 1.165) is 35.1 Å². The van der Waals surface area contributed by atoms with Crippen molar-refractivity contribution in [2.45, 2.75) is 22.5 Å². The topological polar surface area (TPSA) is 17.1 Å². The third kappa shape index (κ3) is 4.25. The Balaban J connectivity index is 1.34. The van der Waals surface area contributed by atoms with E-state index in [1.54, 1.807) is 0 Å². The largest absolute Gasteiger partial charge is 0.296 e. The van der Waals surface area contributed by atoms with Crippen LogP contribution in [0.1, 0.15) is 65.3 Å². The molecule has 1 nitrogen and oxygen atoms in total. The number of hydrogen-bond donors (Lipinski definition) is 0. The molecule has 0 N–H and O–H groups in total. The first-order valence-corrected chi connectivity index (χ1v) is 14.0. The zero-order valence-electron chi connectivity index (χ0n) is 19.6. The minimum absolute atomic E-state index is 0.0992. The molecule has 4 aromatic rings. The summed E-state index contributed by atoms with van der Waals surface area (Å²) in [7, 11) is 0. The standard InChI is InChI=1S/C33H24Br2O/c34-31(29-13-5-11-25-19-23-9-3-1-7-21(23)15-17-27(25)29)33(36)32(35)30-14-6-12-26-20-24-10-4-2-8-22(24)16-18-28(26)30/h1-18,31-32H,19-20H2. The van der Waals surface area contributed by atoms with Crippen molar-refractivity contribution < 1.29 is 4.79 Å². The van der Waals surface area contributed by atoms with Crippen molar-refractivity contribution in [3.63, 3.8) is 0 Å². The second-order valence-corrected chi connectivity index (χ2v) is 11.2. The summed E-state index contributed by atoms with van der Waals surface area (Å²) in [5.74, 6) is 0.0992. The lowest BCUT2D eigenvalue weighted by Gasteiger charge is -2.20. The van der Waals surface area contributed by atoms with E-state index < -0.39 is 9.65 Å². The van der Waals surface area contributed by atoms with Crippen molar-refractivity contribution in [3.05, 3.63) is 141 Å². The maximum absolute atomic E-state index is 13.9. The van der Waals surface area contributed by atoms with Crippen molar-refractivity contribution in [2.75, 3.05) is 0 Å². The van der Waals surface area contributed by atoms with Crippen LogP contribution in [0.2, 0.25) is 0 Å². The van der Waals surface area contributed by atoms with Crippen LogP contribution in [0.5, 0.6) is 0 Å². The maximum atomic E-state index is 13.9. The van der Waals surface area contributed by atoms with Crippen LogP contribution in [-0.2, 0) is 17.6 Å². The molecule has 0 radical (unpaired) electrons. The van der Waals surface area contributed by atoms with E-state index in [4.69, 9.17) is 0 Å². The van der Waals surface area contributed by atoms with E-state index in [0.29, 0.717) is 0 Å². The highest BCUT2D eigenvalue weighted by atomic mass is 79.9. The molecule has 2 aliphatic rings. The van der Waals surface area contributed by atoms with Crippen LogP contribution >= 0.6 is 31.9 Å². The van der Waals surface area contributed by atoms with Gasteiger partial charge in [-0.15, -0.1) is 0 Å². The Hall–Kier alpha value is -3.01. The van der Waals surface area contributed by atoms with Gasteiger partial charge in [0.2, 0.25) is 0 Å². The minimum atomic E-state index is -0.425. The molecule has 36 heavy (non-hydrogen) atoms. The number of hydrogen-bond acceptors (Lipinski definition) is 1. The number of rotatable bonds is 4. The van der Waals surface area contributed by atoms with Gasteiger partial charge in [-0.1, -0.05) is 141 Å². The first kappa shape index (κ1) is 23.4. The lowest BCUT2D eigenvalue weighted by atomic mass is 9.91. The highest BCUT2D eigenvalue weighted by Gasteiger charge is 2.30. The van der Waals surface area contributed by atoms with E-state index in [1.165, 1.54) is 33.4 Å². The Morgan fingerprint density at radius 1 is 0.528 bits per heavy atom. The van der Waals surface area contributed by atoms with Crippen LogP contribution in [0, 0.1) is 0 Å². The fourth-order valence-corrected chi connectivity index (χ4v) is 7.01. The fraction of sp³-hybridized carbons (Fsp3) is 0.121.